The largest absolute Gasteiger partial charge is 0.366 e. The van der Waals surface area contributed by atoms with Gasteiger partial charge in [0.25, 0.3) is 0 Å². The van der Waals surface area contributed by atoms with Crippen LogP contribution in [0, 0.1) is 0 Å². The molecule has 0 unspecified atom stereocenters. The van der Waals surface area contributed by atoms with Crippen LogP contribution in [0.4, 0.5) is 0 Å². The summed E-state index contributed by atoms with van der Waals surface area (Å²) in [6, 6.07) is 0. The highest BCUT2D eigenvalue weighted by Crippen LogP contribution is 1.96. The summed E-state index contributed by atoms with van der Waals surface area (Å²) in [6.07, 6.45) is 30.5. The van der Waals surface area contributed by atoms with Gasteiger partial charge in [-0.1, -0.05) is 73.8 Å². The third-order valence-electron chi connectivity index (χ3n) is 2.71. The fraction of sp³-hybridized carbons (Fsp3) is 0.350. The maximum absolute atomic E-state index is 10.4. The third-order valence-corrected chi connectivity index (χ3v) is 2.71. The Kier molecular flexibility index (Phi) is 15.4. The van der Waals surface area contributed by atoms with E-state index in [1.165, 1.54) is 6.08 Å². The molecule has 120 valence electrons. The molecule has 0 aromatic rings. The van der Waals surface area contributed by atoms with Crippen LogP contribution < -0.4 is 5.73 Å². The molecule has 0 aliphatic heterocycles. The molecule has 22 heavy (non-hydrogen) atoms. The quantitative estimate of drug-likeness (QED) is 0.392. The second-order valence-electron chi connectivity index (χ2n) is 4.75. The lowest BCUT2D eigenvalue weighted by Crippen LogP contribution is -2.04. The number of carbonyl (C=O) groups excluding carboxylic acids is 1. The van der Waals surface area contributed by atoms with Crippen molar-refractivity contribution in [2.45, 2.75) is 45.4 Å². The molecular formula is C20H29NO. The lowest BCUT2D eigenvalue weighted by molar-refractivity contribution is -0.113. The van der Waals surface area contributed by atoms with Crippen LogP contribution in [0.2, 0.25) is 0 Å². The topological polar surface area (TPSA) is 43.1 Å². The molecule has 0 bridgehead atoms. The van der Waals surface area contributed by atoms with Gasteiger partial charge in [-0.3, -0.25) is 4.79 Å². The van der Waals surface area contributed by atoms with Gasteiger partial charge in [-0.25, -0.2) is 0 Å². The third kappa shape index (κ3) is 17.9. The highest BCUT2D eigenvalue weighted by atomic mass is 16.1. The molecule has 0 aliphatic rings. The minimum absolute atomic E-state index is 0.396. The van der Waals surface area contributed by atoms with E-state index >= 15 is 0 Å². The van der Waals surface area contributed by atoms with E-state index < -0.39 is 5.91 Å². The molecule has 0 heterocycles. The van der Waals surface area contributed by atoms with Gasteiger partial charge in [-0.05, 0) is 44.6 Å². The first kappa shape index (κ1) is 19.9. The summed E-state index contributed by atoms with van der Waals surface area (Å²) < 4.78 is 0. The normalized spacial score (nSPS) is 13.1. The van der Waals surface area contributed by atoms with Crippen molar-refractivity contribution in [3.05, 3.63) is 72.9 Å². The molecule has 2 N–H and O–H groups in total. The van der Waals surface area contributed by atoms with Gasteiger partial charge >= 0.3 is 0 Å². The van der Waals surface area contributed by atoms with Crippen molar-refractivity contribution >= 4 is 5.91 Å². The van der Waals surface area contributed by atoms with E-state index in [0.717, 1.165) is 38.5 Å². The summed E-state index contributed by atoms with van der Waals surface area (Å²) in [5, 5.41) is 0. The van der Waals surface area contributed by atoms with E-state index in [4.69, 9.17) is 5.73 Å². The molecule has 0 saturated carbocycles. The average Bonchev–Trinajstić information content (AvgIpc) is 2.50. The highest BCUT2D eigenvalue weighted by molar-refractivity contribution is 5.85. The number of amides is 1. The number of rotatable bonds is 12. The van der Waals surface area contributed by atoms with E-state index in [9.17, 15) is 4.79 Å². The zero-order valence-electron chi connectivity index (χ0n) is 13.7. The lowest BCUT2D eigenvalue weighted by Gasteiger charge is -1.85. The standard InChI is InChI=1S/C20H29NO/c1-2-3-4-5-6-7-8-9-10-11-12-13-14-15-16-17-18-19-20(21)22/h3-4,6-7,9-10,12-13,15-16,18-19H,2,5,8,11,14,17H2,1H3,(H2,21,22). The highest BCUT2D eigenvalue weighted by Gasteiger charge is 1.79. The van der Waals surface area contributed by atoms with Crippen LogP contribution in [0.25, 0.3) is 0 Å². The molecule has 1 amide bonds. The van der Waals surface area contributed by atoms with Crippen LogP contribution in [-0.2, 0) is 4.79 Å². The van der Waals surface area contributed by atoms with Gasteiger partial charge < -0.3 is 5.73 Å². The Morgan fingerprint density at radius 2 is 0.955 bits per heavy atom. The molecule has 0 aromatic carbocycles. The van der Waals surface area contributed by atoms with Crippen molar-refractivity contribution in [3.8, 4) is 0 Å². The summed E-state index contributed by atoms with van der Waals surface area (Å²) in [6.45, 7) is 2.15. The Labute approximate surface area is 135 Å². The van der Waals surface area contributed by atoms with Crippen molar-refractivity contribution < 1.29 is 4.79 Å². The molecule has 0 radical (unpaired) electrons. The maximum Gasteiger partial charge on any atom is 0.241 e. The Bertz CT molecular complexity index is 437. The summed E-state index contributed by atoms with van der Waals surface area (Å²) in [4.78, 5) is 10.4. The van der Waals surface area contributed by atoms with Gasteiger partial charge in [0.15, 0.2) is 0 Å². The van der Waals surface area contributed by atoms with Crippen molar-refractivity contribution in [2.75, 3.05) is 0 Å². The number of primary amides is 1. The zero-order valence-corrected chi connectivity index (χ0v) is 13.7. The van der Waals surface area contributed by atoms with Crippen LogP contribution in [0.15, 0.2) is 72.9 Å². The van der Waals surface area contributed by atoms with Crippen LogP contribution >= 0.6 is 0 Å². The zero-order chi connectivity index (χ0) is 16.3. The Morgan fingerprint density at radius 3 is 1.27 bits per heavy atom. The van der Waals surface area contributed by atoms with Crippen molar-refractivity contribution in [2.24, 2.45) is 5.73 Å². The average molecular weight is 299 g/mol. The maximum atomic E-state index is 10.4. The second-order valence-corrected chi connectivity index (χ2v) is 4.75. The van der Waals surface area contributed by atoms with Crippen molar-refractivity contribution in [3.63, 3.8) is 0 Å². The monoisotopic (exact) mass is 299 g/mol. The van der Waals surface area contributed by atoms with Gasteiger partial charge in [-0.15, -0.1) is 0 Å². The number of hydrogen-bond acceptors (Lipinski definition) is 1. The molecule has 0 saturated heterocycles. The molecule has 2 heteroatoms. The number of allylic oxidation sites excluding steroid dienone is 11. The SMILES string of the molecule is CCC=CCC=CCC=CCC=CCC=CCC=CC(N)=O. The van der Waals surface area contributed by atoms with Gasteiger partial charge in [0.05, 0.1) is 0 Å². The fourth-order valence-corrected chi connectivity index (χ4v) is 1.61. The number of hydrogen-bond donors (Lipinski definition) is 1. The van der Waals surface area contributed by atoms with Crippen LogP contribution in [0.1, 0.15) is 45.4 Å². The van der Waals surface area contributed by atoms with E-state index in [0.29, 0.717) is 0 Å². The van der Waals surface area contributed by atoms with E-state index in [-0.39, 0.29) is 0 Å². The van der Waals surface area contributed by atoms with Gasteiger partial charge in [0, 0.05) is 0 Å². The van der Waals surface area contributed by atoms with Crippen LogP contribution in [-0.4, -0.2) is 5.91 Å². The molecule has 2 nitrogen and oxygen atoms in total. The molecule has 0 fully saturated rings. The molecule has 0 aromatic heterocycles. The Balaban J connectivity index is 3.53. The number of nitrogens with two attached hydrogens (primary N) is 1. The molecule has 0 rings (SSSR count). The first-order valence-electron chi connectivity index (χ1n) is 7.98. The first-order chi connectivity index (χ1) is 10.8. The molecule has 0 atom stereocenters. The van der Waals surface area contributed by atoms with Gasteiger partial charge in [-0.2, -0.15) is 0 Å². The van der Waals surface area contributed by atoms with Gasteiger partial charge in [0.2, 0.25) is 5.91 Å². The minimum atomic E-state index is -0.396. The molecule has 0 spiro atoms. The first-order valence-corrected chi connectivity index (χ1v) is 7.98. The predicted molar refractivity (Wildman–Crippen MR) is 97.4 cm³/mol. The lowest BCUT2D eigenvalue weighted by atomic mass is 10.2. The fourth-order valence-electron chi connectivity index (χ4n) is 1.61. The van der Waals surface area contributed by atoms with Crippen LogP contribution in [0.3, 0.4) is 0 Å². The summed E-state index contributed by atoms with van der Waals surface area (Å²) >= 11 is 0. The Hall–Kier alpha value is -2.09. The van der Waals surface area contributed by atoms with E-state index in [1.54, 1.807) is 6.08 Å². The number of carbonyl (C=O) groups is 1. The van der Waals surface area contributed by atoms with E-state index in [2.05, 4.69) is 61.6 Å². The van der Waals surface area contributed by atoms with Gasteiger partial charge in [0.1, 0.15) is 0 Å². The smallest absolute Gasteiger partial charge is 0.241 e. The Morgan fingerprint density at radius 1 is 0.636 bits per heavy atom. The van der Waals surface area contributed by atoms with Crippen LogP contribution in [0.5, 0.6) is 0 Å². The van der Waals surface area contributed by atoms with Crippen molar-refractivity contribution in [1.29, 1.82) is 0 Å². The predicted octanol–water partition coefficient (Wildman–Crippen LogP) is 5.17. The van der Waals surface area contributed by atoms with E-state index in [1.807, 2.05) is 6.08 Å². The molecule has 0 aliphatic carbocycles. The second kappa shape index (κ2) is 17.0. The minimum Gasteiger partial charge on any atom is -0.366 e. The van der Waals surface area contributed by atoms with Crippen molar-refractivity contribution in [1.82, 2.24) is 0 Å². The summed E-state index contributed by atoms with van der Waals surface area (Å²) in [5.41, 5.74) is 4.98. The molecular weight excluding hydrogens is 270 g/mol. The summed E-state index contributed by atoms with van der Waals surface area (Å²) in [5.74, 6) is -0.396. The summed E-state index contributed by atoms with van der Waals surface area (Å²) in [7, 11) is 0.